The molecule has 0 saturated carbocycles. The van der Waals surface area contributed by atoms with Crippen molar-refractivity contribution in [1.29, 1.82) is 0 Å². The number of hydrogen-bond donors (Lipinski definition) is 0. The van der Waals surface area contributed by atoms with Gasteiger partial charge in [-0.15, -0.1) is 0 Å². The predicted octanol–water partition coefficient (Wildman–Crippen LogP) is 2.82. The minimum atomic E-state index is -0.554. The van der Waals surface area contributed by atoms with Crippen molar-refractivity contribution in [2.45, 2.75) is 25.0 Å². The van der Waals surface area contributed by atoms with Gasteiger partial charge in [0.25, 0.3) is 0 Å². The summed E-state index contributed by atoms with van der Waals surface area (Å²) in [5.41, 5.74) is 1.81. The van der Waals surface area contributed by atoms with Gasteiger partial charge in [-0.05, 0) is 29.7 Å². The number of rotatable bonds is 0. The van der Waals surface area contributed by atoms with E-state index in [4.69, 9.17) is 9.47 Å². The third kappa shape index (κ3) is 1.69. The highest BCUT2D eigenvalue weighted by Crippen LogP contribution is 2.37. The number of hydrogen-bond acceptors (Lipinski definition) is 2. The third-order valence-corrected chi connectivity index (χ3v) is 3.75. The molecule has 1 aromatic carbocycles. The molecule has 0 amide bonds. The Balaban J connectivity index is 1.99. The van der Waals surface area contributed by atoms with Crippen molar-refractivity contribution in [3.63, 3.8) is 0 Å². The SMILES string of the molecule is Fc1cc(Br)cc2c1CC1(CC2)OCCO1. The van der Waals surface area contributed by atoms with Crippen molar-refractivity contribution in [3.8, 4) is 0 Å². The van der Waals surface area contributed by atoms with E-state index < -0.39 is 5.79 Å². The smallest absolute Gasteiger partial charge is 0.172 e. The van der Waals surface area contributed by atoms with E-state index in [9.17, 15) is 4.39 Å². The van der Waals surface area contributed by atoms with E-state index >= 15 is 0 Å². The Morgan fingerprint density at radius 1 is 1.25 bits per heavy atom. The van der Waals surface area contributed by atoms with Crippen LogP contribution in [0.15, 0.2) is 16.6 Å². The zero-order chi connectivity index (χ0) is 11.2. The second kappa shape index (κ2) is 3.79. The van der Waals surface area contributed by atoms with E-state index in [0.717, 1.165) is 28.4 Å². The number of aryl methyl sites for hydroxylation is 1. The van der Waals surface area contributed by atoms with Crippen molar-refractivity contribution in [1.82, 2.24) is 0 Å². The highest BCUT2D eigenvalue weighted by Gasteiger charge is 2.40. The molecule has 2 nitrogen and oxygen atoms in total. The molecule has 1 fully saturated rings. The number of ether oxygens (including phenoxy) is 2. The molecule has 0 atom stereocenters. The second-order valence-electron chi connectivity index (χ2n) is 4.31. The Bertz CT molecular complexity index is 427. The van der Waals surface area contributed by atoms with Crippen LogP contribution in [0, 0.1) is 5.82 Å². The highest BCUT2D eigenvalue weighted by atomic mass is 79.9. The Morgan fingerprint density at radius 3 is 2.75 bits per heavy atom. The fraction of sp³-hybridized carbons (Fsp3) is 0.500. The average Bonchev–Trinajstić information content (AvgIpc) is 2.68. The van der Waals surface area contributed by atoms with Gasteiger partial charge in [0.05, 0.1) is 13.2 Å². The number of halogens is 2. The lowest BCUT2D eigenvalue weighted by Gasteiger charge is -2.33. The Labute approximate surface area is 102 Å². The summed E-state index contributed by atoms with van der Waals surface area (Å²) in [7, 11) is 0. The molecule has 1 aliphatic heterocycles. The molecule has 1 saturated heterocycles. The summed E-state index contributed by atoms with van der Waals surface area (Å²) < 4.78 is 25.9. The van der Waals surface area contributed by atoms with Crippen molar-refractivity contribution in [2.24, 2.45) is 0 Å². The molecule has 0 N–H and O–H groups in total. The van der Waals surface area contributed by atoms with Crippen LogP contribution >= 0.6 is 15.9 Å². The summed E-state index contributed by atoms with van der Waals surface area (Å²) in [6, 6.07) is 3.49. The minimum Gasteiger partial charge on any atom is -0.347 e. The number of benzene rings is 1. The molecule has 1 spiro atoms. The maximum Gasteiger partial charge on any atom is 0.172 e. The Kier molecular flexibility index (Phi) is 2.53. The quantitative estimate of drug-likeness (QED) is 0.730. The lowest BCUT2D eigenvalue weighted by atomic mass is 9.87. The van der Waals surface area contributed by atoms with Gasteiger partial charge in [-0.25, -0.2) is 4.39 Å². The van der Waals surface area contributed by atoms with Crippen LogP contribution in [0.25, 0.3) is 0 Å². The molecular formula is C12H12BrFO2. The molecule has 1 aromatic rings. The summed E-state index contributed by atoms with van der Waals surface area (Å²) >= 11 is 3.31. The summed E-state index contributed by atoms with van der Waals surface area (Å²) in [6.07, 6.45) is 2.16. The molecule has 86 valence electrons. The molecule has 0 bridgehead atoms. The van der Waals surface area contributed by atoms with Gasteiger partial charge in [0.2, 0.25) is 0 Å². The Hall–Kier alpha value is -0.450. The van der Waals surface area contributed by atoms with E-state index in [1.54, 1.807) is 0 Å². The molecule has 0 radical (unpaired) electrons. The van der Waals surface area contributed by atoms with Crippen molar-refractivity contribution in [3.05, 3.63) is 33.5 Å². The van der Waals surface area contributed by atoms with E-state index in [-0.39, 0.29) is 5.82 Å². The van der Waals surface area contributed by atoms with Crippen LogP contribution in [-0.2, 0) is 22.3 Å². The molecule has 4 heteroatoms. The van der Waals surface area contributed by atoms with Crippen molar-refractivity contribution < 1.29 is 13.9 Å². The van der Waals surface area contributed by atoms with Gasteiger partial charge in [0.1, 0.15) is 5.82 Å². The lowest BCUT2D eigenvalue weighted by Crippen LogP contribution is -2.37. The van der Waals surface area contributed by atoms with Crippen LogP contribution in [0.3, 0.4) is 0 Å². The van der Waals surface area contributed by atoms with Crippen LogP contribution in [0.2, 0.25) is 0 Å². The van der Waals surface area contributed by atoms with Gasteiger partial charge in [-0.1, -0.05) is 15.9 Å². The molecule has 2 aliphatic rings. The van der Waals surface area contributed by atoms with E-state index in [1.165, 1.54) is 6.07 Å². The first kappa shape index (κ1) is 10.7. The monoisotopic (exact) mass is 286 g/mol. The van der Waals surface area contributed by atoms with Crippen LogP contribution < -0.4 is 0 Å². The summed E-state index contributed by atoms with van der Waals surface area (Å²) in [6.45, 7) is 1.24. The van der Waals surface area contributed by atoms with Gasteiger partial charge >= 0.3 is 0 Å². The first-order valence-electron chi connectivity index (χ1n) is 5.43. The molecule has 16 heavy (non-hydrogen) atoms. The topological polar surface area (TPSA) is 18.5 Å². The van der Waals surface area contributed by atoms with Crippen LogP contribution in [-0.4, -0.2) is 19.0 Å². The minimum absolute atomic E-state index is 0.164. The first-order valence-corrected chi connectivity index (χ1v) is 6.23. The zero-order valence-corrected chi connectivity index (χ0v) is 10.3. The van der Waals surface area contributed by atoms with E-state index in [1.807, 2.05) is 6.07 Å². The summed E-state index contributed by atoms with van der Waals surface area (Å²) in [4.78, 5) is 0. The summed E-state index contributed by atoms with van der Waals surface area (Å²) in [5, 5.41) is 0. The fourth-order valence-corrected chi connectivity index (χ4v) is 2.98. The molecule has 3 rings (SSSR count). The molecule has 0 unspecified atom stereocenters. The van der Waals surface area contributed by atoms with E-state index in [0.29, 0.717) is 19.6 Å². The molecule has 1 heterocycles. The van der Waals surface area contributed by atoms with Gasteiger partial charge in [0.15, 0.2) is 5.79 Å². The Morgan fingerprint density at radius 2 is 2.00 bits per heavy atom. The largest absolute Gasteiger partial charge is 0.347 e. The molecule has 1 aliphatic carbocycles. The van der Waals surface area contributed by atoms with Gasteiger partial charge < -0.3 is 9.47 Å². The van der Waals surface area contributed by atoms with Gasteiger partial charge in [-0.3, -0.25) is 0 Å². The standard InChI is InChI=1S/C12H12BrFO2/c13-9-5-8-1-2-12(15-3-4-16-12)7-10(8)11(14)6-9/h5-6H,1-4,7H2. The van der Waals surface area contributed by atoms with Crippen molar-refractivity contribution in [2.75, 3.05) is 13.2 Å². The summed E-state index contributed by atoms with van der Waals surface area (Å²) in [5.74, 6) is -0.718. The third-order valence-electron chi connectivity index (χ3n) is 3.29. The zero-order valence-electron chi connectivity index (χ0n) is 8.76. The molecular weight excluding hydrogens is 275 g/mol. The second-order valence-corrected chi connectivity index (χ2v) is 5.23. The van der Waals surface area contributed by atoms with Crippen LogP contribution in [0.1, 0.15) is 17.5 Å². The average molecular weight is 287 g/mol. The van der Waals surface area contributed by atoms with E-state index in [2.05, 4.69) is 15.9 Å². The maximum absolute atomic E-state index is 13.8. The fourth-order valence-electron chi connectivity index (χ4n) is 2.50. The first-order chi connectivity index (χ1) is 7.69. The normalized spacial score (nSPS) is 22.4. The van der Waals surface area contributed by atoms with Crippen LogP contribution in [0.4, 0.5) is 4.39 Å². The van der Waals surface area contributed by atoms with Gasteiger partial charge in [0, 0.05) is 17.3 Å². The predicted molar refractivity (Wildman–Crippen MR) is 60.8 cm³/mol. The maximum atomic E-state index is 13.8. The number of fused-ring (bicyclic) bond motifs is 1. The molecule has 0 aromatic heterocycles. The lowest BCUT2D eigenvalue weighted by molar-refractivity contribution is -0.164. The van der Waals surface area contributed by atoms with Gasteiger partial charge in [-0.2, -0.15) is 0 Å². The van der Waals surface area contributed by atoms with Crippen LogP contribution in [0.5, 0.6) is 0 Å². The highest BCUT2D eigenvalue weighted by molar-refractivity contribution is 9.10. The van der Waals surface area contributed by atoms with Crippen molar-refractivity contribution >= 4 is 15.9 Å².